The summed E-state index contributed by atoms with van der Waals surface area (Å²) in [5, 5.41) is 0. The van der Waals surface area contributed by atoms with E-state index >= 15 is 0 Å². The van der Waals surface area contributed by atoms with Crippen LogP contribution in [0.4, 0.5) is 0 Å². The van der Waals surface area contributed by atoms with Gasteiger partial charge in [-0.1, -0.05) is 25.0 Å². The summed E-state index contributed by atoms with van der Waals surface area (Å²) in [4.78, 5) is 0. The quantitative estimate of drug-likeness (QED) is 0.588. The summed E-state index contributed by atoms with van der Waals surface area (Å²) in [6.45, 7) is 8.09. The predicted octanol–water partition coefficient (Wildman–Crippen LogP) is 4.44. The van der Waals surface area contributed by atoms with Gasteiger partial charge >= 0.3 is 0 Å². The molecule has 0 bridgehead atoms. The zero-order chi connectivity index (χ0) is 18.3. The van der Waals surface area contributed by atoms with Gasteiger partial charge in [0.05, 0.1) is 26.4 Å². The van der Waals surface area contributed by atoms with Crippen LogP contribution in [0, 0.1) is 29.1 Å². The lowest BCUT2D eigenvalue weighted by atomic mass is 9.51. The molecule has 2 saturated heterocycles. The molecule has 0 aromatic rings. The number of hydrogen-bond donors (Lipinski definition) is 0. The van der Waals surface area contributed by atoms with E-state index in [1.807, 2.05) is 0 Å². The lowest BCUT2D eigenvalue weighted by molar-refractivity contribution is -0.240. The van der Waals surface area contributed by atoms with Crippen LogP contribution in [0.3, 0.4) is 0 Å². The van der Waals surface area contributed by atoms with Crippen LogP contribution < -0.4 is 0 Å². The van der Waals surface area contributed by atoms with Crippen LogP contribution in [-0.4, -0.2) is 38.0 Å². The van der Waals surface area contributed by atoms with E-state index in [9.17, 15) is 0 Å². The molecule has 27 heavy (non-hydrogen) atoms. The Morgan fingerprint density at radius 2 is 1.63 bits per heavy atom. The summed E-state index contributed by atoms with van der Waals surface area (Å²) in [6, 6.07) is 0. The van der Waals surface area contributed by atoms with Gasteiger partial charge in [-0.05, 0) is 55.8 Å². The van der Waals surface area contributed by atoms with Crippen molar-refractivity contribution in [1.82, 2.24) is 0 Å². The fourth-order valence-corrected chi connectivity index (χ4v) is 8.23. The summed E-state index contributed by atoms with van der Waals surface area (Å²) in [7, 11) is 0. The Kier molecular flexibility index (Phi) is 3.75. The summed E-state index contributed by atoms with van der Waals surface area (Å²) >= 11 is 0. The molecule has 4 aliphatic carbocycles. The molecular weight excluding hydrogens is 340 g/mol. The zero-order valence-corrected chi connectivity index (χ0v) is 16.9. The largest absolute Gasteiger partial charge is 0.347 e. The molecule has 2 spiro atoms. The molecule has 2 saturated carbocycles. The Labute approximate surface area is 162 Å². The highest BCUT2D eigenvalue weighted by Gasteiger charge is 2.66. The van der Waals surface area contributed by atoms with E-state index in [0.29, 0.717) is 0 Å². The van der Waals surface area contributed by atoms with Crippen molar-refractivity contribution in [3.05, 3.63) is 11.1 Å². The first-order valence-corrected chi connectivity index (χ1v) is 11.3. The third-order valence-corrected chi connectivity index (χ3v) is 9.33. The van der Waals surface area contributed by atoms with Gasteiger partial charge in [-0.15, -0.1) is 0 Å². The van der Waals surface area contributed by atoms with Gasteiger partial charge in [-0.3, -0.25) is 0 Å². The Hall–Kier alpha value is -0.420. The molecule has 4 heteroatoms. The topological polar surface area (TPSA) is 36.9 Å². The molecule has 150 valence electrons. The normalized spacial score (nSPS) is 47.3. The summed E-state index contributed by atoms with van der Waals surface area (Å²) in [6.07, 6.45) is 9.44. The molecular formula is C23H34O4. The Morgan fingerprint density at radius 1 is 0.889 bits per heavy atom. The van der Waals surface area contributed by atoms with Crippen LogP contribution in [0.2, 0.25) is 0 Å². The molecule has 5 atom stereocenters. The second kappa shape index (κ2) is 5.81. The molecule has 0 amide bonds. The Bertz CT molecular complexity index is 657. The second-order valence-corrected chi connectivity index (χ2v) is 10.3. The Balaban J connectivity index is 1.32. The summed E-state index contributed by atoms with van der Waals surface area (Å²) in [5.74, 6) is 2.50. The van der Waals surface area contributed by atoms with Crippen molar-refractivity contribution in [1.29, 1.82) is 0 Å². The van der Waals surface area contributed by atoms with Gasteiger partial charge in [-0.25, -0.2) is 0 Å². The van der Waals surface area contributed by atoms with Crippen molar-refractivity contribution in [3.63, 3.8) is 0 Å². The van der Waals surface area contributed by atoms with Gasteiger partial charge in [-0.2, -0.15) is 0 Å². The maximum Gasteiger partial charge on any atom is 0.174 e. The van der Waals surface area contributed by atoms with E-state index in [1.54, 1.807) is 11.1 Å². The van der Waals surface area contributed by atoms with Crippen LogP contribution in [0.25, 0.3) is 0 Å². The highest BCUT2D eigenvalue weighted by atomic mass is 16.7. The van der Waals surface area contributed by atoms with Gasteiger partial charge < -0.3 is 18.9 Å². The number of ether oxygens (including phenoxy) is 4. The van der Waals surface area contributed by atoms with Gasteiger partial charge in [0, 0.05) is 24.7 Å². The molecule has 0 aromatic heterocycles. The minimum Gasteiger partial charge on any atom is -0.347 e. The Morgan fingerprint density at radius 3 is 2.41 bits per heavy atom. The minimum absolute atomic E-state index is 0.199. The highest BCUT2D eigenvalue weighted by Crippen LogP contribution is 2.67. The number of rotatable bonds is 0. The van der Waals surface area contributed by atoms with Gasteiger partial charge in [0.1, 0.15) is 0 Å². The molecule has 6 aliphatic rings. The summed E-state index contributed by atoms with van der Waals surface area (Å²) in [5.41, 5.74) is 3.67. The number of allylic oxidation sites excluding steroid dienone is 1. The molecule has 6 rings (SSSR count). The monoisotopic (exact) mass is 374 g/mol. The minimum atomic E-state index is -0.280. The van der Waals surface area contributed by atoms with E-state index in [1.165, 1.54) is 32.1 Å². The number of fused-ring (bicyclic) bond motifs is 5. The first kappa shape index (κ1) is 17.4. The molecule has 2 aliphatic heterocycles. The molecule has 0 N–H and O–H groups in total. The van der Waals surface area contributed by atoms with E-state index in [4.69, 9.17) is 18.9 Å². The average molecular weight is 375 g/mol. The van der Waals surface area contributed by atoms with E-state index in [2.05, 4.69) is 13.8 Å². The maximum absolute atomic E-state index is 6.29. The molecule has 4 fully saturated rings. The zero-order valence-electron chi connectivity index (χ0n) is 16.9. The van der Waals surface area contributed by atoms with Crippen LogP contribution in [-0.2, 0) is 18.9 Å². The first-order valence-electron chi connectivity index (χ1n) is 11.3. The van der Waals surface area contributed by atoms with Gasteiger partial charge in [0.25, 0.3) is 0 Å². The fraction of sp³-hybridized carbons (Fsp3) is 0.913. The molecule has 0 unspecified atom stereocenters. The van der Waals surface area contributed by atoms with E-state index in [-0.39, 0.29) is 17.0 Å². The van der Waals surface area contributed by atoms with Crippen LogP contribution in [0.5, 0.6) is 0 Å². The van der Waals surface area contributed by atoms with Crippen LogP contribution in [0.1, 0.15) is 65.2 Å². The van der Waals surface area contributed by atoms with E-state index in [0.717, 1.165) is 69.4 Å². The molecule has 0 radical (unpaired) electrons. The number of hydrogen-bond acceptors (Lipinski definition) is 4. The molecule has 4 nitrogen and oxygen atoms in total. The highest BCUT2D eigenvalue weighted by molar-refractivity contribution is 5.29. The second-order valence-electron chi connectivity index (χ2n) is 10.3. The molecule has 2 heterocycles. The van der Waals surface area contributed by atoms with Crippen molar-refractivity contribution in [2.75, 3.05) is 26.4 Å². The van der Waals surface area contributed by atoms with E-state index < -0.39 is 0 Å². The standard InChI is InChI=1S/C23H34O4/c1-15-13-16-14-22(24-9-10-25-22)7-4-17(16)18-3-6-21(2)19(20(15)18)5-8-23(21)26-11-12-27-23/h15,18-20H,3-14H2,1-2H3/t15-,18-,19+,20-,21+/m1/s1. The predicted molar refractivity (Wildman–Crippen MR) is 101 cm³/mol. The fourth-order valence-electron chi connectivity index (χ4n) is 8.23. The van der Waals surface area contributed by atoms with Crippen molar-refractivity contribution in [3.8, 4) is 0 Å². The van der Waals surface area contributed by atoms with Crippen molar-refractivity contribution >= 4 is 0 Å². The summed E-state index contributed by atoms with van der Waals surface area (Å²) < 4.78 is 24.7. The average Bonchev–Trinajstić information content (AvgIpc) is 3.37. The van der Waals surface area contributed by atoms with Crippen molar-refractivity contribution in [2.45, 2.75) is 76.8 Å². The third kappa shape index (κ3) is 2.25. The van der Waals surface area contributed by atoms with Crippen LogP contribution in [0.15, 0.2) is 11.1 Å². The van der Waals surface area contributed by atoms with Gasteiger partial charge in [0.2, 0.25) is 0 Å². The van der Waals surface area contributed by atoms with Crippen molar-refractivity contribution in [2.24, 2.45) is 29.1 Å². The lowest BCUT2D eigenvalue weighted by Crippen LogP contribution is -2.53. The third-order valence-electron chi connectivity index (χ3n) is 9.33. The van der Waals surface area contributed by atoms with Gasteiger partial charge in [0.15, 0.2) is 11.6 Å². The van der Waals surface area contributed by atoms with Crippen LogP contribution >= 0.6 is 0 Å². The first-order chi connectivity index (χ1) is 13.1. The lowest BCUT2D eigenvalue weighted by Gasteiger charge is -2.56. The van der Waals surface area contributed by atoms with Crippen molar-refractivity contribution < 1.29 is 18.9 Å². The maximum atomic E-state index is 6.29. The smallest absolute Gasteiger partial charge is 0.174 e. The SMILES string of the molecule is C[C@@H]1CC2=C(CCC3(C2)OCCO3)[C@H]2CC[C@@]3(C)[C@@H](CCC34OCCO4)[C@H]12. The molecule has 0 aromatic carbocycles.